The Morgan fingerprint density at radius 3 is 3.26 bits per heavy atom. The number of hydrogen-bond donors (Lipinski definition) is 2. The molecule has 0 amide bonds. The predicted molar refractivity (Wildman–Crippen MR) is 76.4 cm³/mol. The van der Waals surface area contributed by atoms with Crippen molar-refractivity contribution >= 4 is 11.0 Å². The molecule has 2 heterocycles. The van der Waals surface area contributed by atoms with E-state index >= 15 is 0 Å². The van der Waals surface area contributed by atoms with Gasteiger partial charge in [-0.25, -0.2) is 4.98 Å². The Morgan fingerprint density at radius 1 is 1.47 bits per heavy atom. The molecule has 1 saturated heterocycles. The largest absolute Gasteiger partial charge is 0.377 e. The van der Waals surface area contributed by atoms with Gasteiger partial charge in [0.15, 0.2) is 0 Å². The maximum Gasteiger partial charge on any atom is 0.108 e. The van der Waals surface area contributed by atoms with E-state index < -0.39 is 0 Å². The third-order valence-electron chi connectivity index (χ3n) is 3.62. The van der Waals surface area contributed by atoms with Crippen LogP contribution in [-0.4, -0.2) is 35.8 Å². The molecule has 0 saturated carbocycles. The summed E-state index contributed by atoms with van der Waals surface area (Å²) < 4.78 is 5.58. The van der Waals surface area contributed by atoms with Gasteiger partial charge in [-0.05, 0) is 37.5 Å². The molecule has 1 fully saturated rings. The SMILES string of the molecule is Cc1ccc2nc(CCNCC3CCCO3)[nH]c2c1. The van der Waals surface area contributed by atoms with E-state index in [9.17, 15) is 0 Å². The number of nitrogens with one attached hydrogen (secondary N) is 2. The summed E-state index contributed by atoms with van der Waals surface area (Å²) in [5, 5.41) is 3.45. The Kier molecular flexibility index (Phi) is 3.80. The molecule has 19 heavy (non-hydrogen) atoms. The molecule has 1 aliphatic heterocycles. The van der Waals surface area contributed by atoms with Crippen molar-refractivity contribution in [3.05, 3.63) is 29.6 Å². The molecule has 2 N–H and O–H groups in total. The summed E-state index contributed by atoms with van der Waals surface area (Å²) in [7, 11) is 0. The summed E-state index contributed by atoms with van der Waals surface area (Å²) in [5.74, 6) is 1.06. The molecule has 3 rings (SSSR count). The van der Waals surface area contributed by atoms with Crippen molar-refractivity contribution in [2.24, 2.45) is 0 Å². The molecule has 0 bridgehead atoms. The molecule has 0 aliphatic carbocycles. The van der Waals surface area contributed by atoms with E-state index in [2.05, 4.69) is 40.4 Å². The fraction of sp³-hybridized carbons (Fsp3) is 0.533. The van der Waals surface area contributed by atoms with Crippen molar-refractivity contribution in [2.75, 3.05) is 19.7 Å². The monoisotopic (exact) mass is 259 g/mol. The Morgan fingerprint density at radius 2 is 2.42 bits per heavy atom. The third kappa shape index (κ3) is 3.14. The van der Waals surface area contributed by atoms with Crippen LogP contribution in [0, 0.1) is 6.92 Å². The summed E-state index contributed by atoms with van der Waals surface area (Å²) in [6.07, 6.45) is 3.74. The van der Waals surface area contributed by atoms with Crippen molar-refractivity contribution in [3.63, 3.8) is 0 Å². The van der Waals surface area contributed by atoms with Crippen LogP contribution in [0.2, 0.25) is 0 Å². The average Bonchev–Trinajstić information content (AvgIpc) is 3.02. The molecular weight excluding hydrogens is 238 g/mol. The molecule has 1 aromatic carbocycles. The summed E-state index contributed by atoms with van der Waals surface area (Å²) in [5.41, 5.74) is 3.45. The van der Waals surface area contributed by atoms with Crippen LogP contribution >= 0.6 is 0 Å². The van der Waals surface area contributed by atoms with E-state index in [0.717, 1.165) is 43.0 Å². The van der Waals surface area contributed by atoms with Gasteiger partial charge in [0.2, 0.25) is 0 Å². The van der Waals surface area contributed by atoms with Crippen molar-refractivity contribution in [2.45, 2.75) is 32.3 Å². The van der Waals surface area contributed by atoms with Gasteiger partial charge in [-0.1, -0.05) is 6.07 Å². The van der Waals surface area contributed by atoms with E-state index in [1.807, 2.05) is 0 Å². The van der Waals surface area contributed by atoms with Crippen LogP contribution in [0.3, 0.4) is 0 Å². The highest BCUT2D eigenvalue weighted by molar-refractivity contribution is 5.75. The van der Waals surface area contributed by atoms with Crippen molar-refractivity contribution in [1.29, 1.82) is 0 Å². The number of imidazole rings is 1. The smallest absolute Gasteiger partial charge is 0.108 e. The van der Waals surface area contributed by atoms with E-state index in [0.29, 0.717) is 6.10 Å². The number of aryl methyl sites for hydroxylation is 1. The molecule has 0 radical (unpaired) electrons. The van der Waals surface area contributed by atoms with Crippen LogP contribution in [0.15, 0.2) is 18.2 Å². The lowest BCUT2D eigenvalue weighted by molar-refractivity contribution is 0.110. The standard InChI is InChI=1S/C15H21N3O/c1-11-4-5-13-14(9-11)18-15(17-13)6-7-16-10-12-3-2-8-19-12/h4-5,9,12,16H,2-3,6-8,10H2,1H3,(H,17,18). The zero-order chi connectivity index (χ0) is 13.1. The Hall–Kier alpha value is -1.39. The highest BCUT2D eigenvalue weighted by Crippen LogP contribution is 2.13. The summed E-state index contributed by atoms with van der Waals surface area (Å²) in [4.78, 5) is 7.98. The van der Waals surface area contributed by atoms with Gasteiger partial charge in [0.05, 0.1) is 17.1 Å². The second-order valence-corrected chi connectivity index (χ2v) is 5.29. The molecule has 4 heteroatoms. The second-order valence-electron chi connectivity index (χ2n) is 5.29. The molecule has 4 nitrogen and oxygen atoms in total. The van der Waals surface area contributed by atoms with E-state index in [-0.39, 0.29) is 0 Å². The van der Waals surface area contributed by atoms with E-state index in [1.165, 1.54) is 18.4 Å². The average molecular weight is 259 g/mol. The van der Waals surface area contributed by atoms with Crippen LogP contribution in [0.5, 0.6) is 0 Å². The van der Waals surface area contributed by atoms with Gasteiger partial charge in [0.25, 0.3) is 0 Å². The Labute approximate surface area is 113 Å². The first kappa shape index (κ1) is 12.6. The predicted octanol–water partition coefficient (Wildman–Crippen LogP) is 2.18. The molecule has 0 spiro atoms. The first-order valence-corrected chi connectivity index (χ1v) is 7.09. The summed E-state index contributed by atoms with van der Waals surface area (Å²) in [6.45, 7) is 4.93. The molecule has 1 aliphatic rings. The van der Waals surface area contributed by atoms with Gasteiger partial charge < -0.3 is 15.0 Å². The zero-order valence-corrected chi connectivity index (χ0v) is 11.4. The number of aromatic nitrogens is 2. The minimum Gasteiger partial charge on any atom is -0.377 e. The number of rotatable bonds is 5. The van der Waals surface area contributed by atoms with Crippen molar-refractivity contribution in [3.8, 4) is 0 Å². The minimum absolute atomic E-state index is 0.415. The molecule has 2 aromatic rings. The zero-order valence-electron chi connectivity index (χ0n) is 11.4. The molecular formula is C15H21N3O. The molecule has 1 aromatic heterocycles. The van der Waals surface area contributed by atoms with Crippen LogP contribution in [0.4, 0.5) is 0 Å². The fourth-order valence-corrected chi connectivity index (χ4v) is 2.57. The van der Waals surface area contributed by atoms with E-state index in [1.54, 1.807) is 0 Å². The van der Waals surface area contributed by atoms with Crippen LogP contribution in [-0.2, 0) is 11.2 Å². The number of H-pyrrole nitrogens is 1. The lowest BCUT2D eigenvalue weighted by Crippen LogP contribution is -2.28. The van der Waals surface area contributed by atoms with Gasteiger partial charge in [-0.15, -0.1) is 0 Å². The number of hydrogen-bond acceptors (Lipinski definition) is 3. The number of fused-ring (bicyclic) bond motifs is 1. The van der Waals surface area contributed by atoms with Crippen LogP contribution in [0.1, 0.15) is 24.2 Å². The normalized spacial score (nSPS) is 19.3. The number of aromatic amines is 1. The Bertz CT molecular complexity index is 543. The number of benzene rings is 1. The quantitative estimate of drug-likeness (QED) is 0.809. The van der Waals surface area contributed by atoms with Crippen molar-refractivity contribution in [1.82, 2.24) is 15.3 Å². The maximum absolute atomic E-state index is 5.58. The Balaban J connectivity index is 1.50. The summed E-state index contributed by atoms with van der Waals surface area (Å²) >= 11 is 0. The first-order chi connectivity index (χ1) is 9.31. The fourth-order valence-electron chi connectivity index (χ4n) is 2.57. The lowest BCUT2D eigenvalue weighted by Gasteiger charge is -2.09. The topological polar surface area (TPSA) is 49.9 Å². The third-order valence-corrected chi connectivity index (χ3v) is 3.62. The first-order valence-electron chi connectivity index (χ1n) is 7.09. The second kappa shape index (κ2) is 5.72. The summed E-state index contributed by atoms with van der Waals surface area (Å²) in [6, 6.07) is 6.32. The minimum atomic E-state index is 0.415. The highest BCUT2D eigenvalue weighted by Gasteiger charge is 2.14. The highest BCUT2D eigenvalue weighted by atomic mass is 16.5. The van der Waals surface area contributed by atoms with Gasteiger partial charge in [0, 0.05) is 26.1 Å². The van der Waals surface area contributed by atoms with Gasteiger partial charge in [-0.3, -0.25) is 0 Å². The van der Waals surface area contributed by atoms with Gasteiger partial charge in [0.1, 0.15) is 5.82 Å². The maximum atomic E-state index is 5.58. The van der Waals surface area contributed by atoms with E-state index in [4.69, 9.17) is 4.74 Å². The molecule has 1 unspecified atom stereocenters. The van der Waals surface area contributed by atoms with Gasteiger partial charge in [-0.2, -0.15) is 0 Å². The van der Waals surface area contributed by atoms with Crippen LogP contribution in [0.25, 0.3) is 11.0 Å². The van der Waals surface area contributed by atoms with Gasteiger partial charge >= 0.3 is 0 Å². The number of ether oxygens (including phenoxy) is 1. The van der Waals surface area contributed by atoms with Crippen LogP contribution < -0.4 is 5.32 Å². The lowest BCUT2D eigenvalue weighted by atomic mass is 10.2. The van der Waals surface area contributed by atoms with Crippen molar-refractivity contribution < 1.29 is 4.74 Å². The molecule has 102 valence electrons. The molecule has 1 atom stereocenters. The number of nitrogens with zero attached hydrogens (tertiary/aromatic N) is 1.